The van der Waals surface area contributed by atoms with Gasteiger partial charge in [-0.2, -0.15) is 0 Å². The smallest absolute Gasteiger partial charge is 0.165 e. The lowest BCUT2D eigenvalue weighted by atomic mass is 10.0. The lowest BCUT2D eigenvalue weighted by Crippen LogP contribution is -2.45. The van der Waals surface area contributed by atoms with Gasteiger partial charge in [-0.15, -0.1) is 12.4 Å². The molecule has 1 aromatic rings. The number of ether oxygens (including phenoxy) is 1. The van der Waals surface area contributed by atoms with Gasteiger partial charge >= 0.3 is 0 Å². The van der Waals surface area contributed by atoms with Crippen molar-refractivity contribution in [3.05, 3.63) is 29.6 Å². The Morgan fingerprint density at radius 3 is 2.65 bits per heavy atom. The van der Waals surface area contributed by atoms with E-state index in [-0.39, 0.29) is 36.6 Å². The van der Waals surface area contributed by atoms with Crippen molar-refractivity contribution >= 4 is 12.4 Å². The largest absolute Gasteiger partial charge is 0.494 e. The SMILES string of the molecule is COc1ccc([C@H](CCO)N2CCNCC2)cc1F.Cl. The molecule has 0 aromatic heterocycles. The van der Waals surface area contributed by atoms with Gasteiger partial charge < -0.3 is 15.2 Å². The monoisotopic (exact) mass is 304 g/mol. The maximum atomic E-state index is 13.8. The highest BCUT2D eigenvalue weighted by molar-refractivity contribution is 5.85. The molecule has 1 aliphatic heterocycles. The number of piperazine rings is 1. The second-order valence-corrected chi connectivity index (χ2v) is 4.71. The van der Waals surface area contributed by atoms with E-state index in [0.717, 1.165) is 31.7 Å². The van der Waals surface area contributed by atoms with Crippen LogP contribution < -0.4 is 10.1 Å². The van der Waals surface area contributed by atoms with Crippen molar-refractivity contribution in [3.8, 4) is 5.75 Å². The van der Waals surface area contributed by atoms with Gasteiger partial charge in [0.15, 0.2) is 11.6 Å². The van der Waals surface area contributed by atoms with Crippen molar-refractivity contribution in [2.75, 3.05) is 39.9 Å². The van der Waals surface area contributed by atoms with Crippen LogP contribution in [-0.2, 0) is 0 Å². The van der Waals surface area contributed by atoms with E-state index in [2.05, 4.69) is 10.2 Å². The van der Waals surface area contributed by atoms with Gasteiger partial charge in [0.05, 0.1) is 7.11 Å². The van der Waals surface area contributed by atoms with Gasteiger partial charge in [-0.25, -0.2) is 4.39 Å². The van der Waals surface area contributed by atoms with E-state index in [1.54, 1.807) is 6.07 Å². The van der Waals surface area contributed by atoms with Crippen LogP contribution in [0.3, 0.4) is 0 Å². The number of nitrogens with one attached hydrogen (secondary N) is 1. The predicted octanol–water partition coefficient (Wildman–Crippen LogP) is 1.58. The lowest BCUT2D eigenvalue weighted by Gasteiger charge is -2.35. The summed E-state index contributed by atoms with van der Waals surface area (Å²) in [6.45, 7) is 3.79. The van der Waals surface area contributed by atoms with Crippen molar-refractivity contribution in [1.29, 1.82) is 0 Å². The number of hydrogen-bond donors (Lipinski definition) is 2. The molecule has 1 aliphatic rings. The van der Waals surface area contributed by atoms with Crippen molar-refractivity contribution in [2.45, 2.75) is 12.5 Å². The molecule has 0 amide bonds. The summed E-state index contributed by atoms with van der Waals surface area (Å²) in [6, 6.07) is 5.11. The Labute approximate surface area is 125 Å². The van der Waals surface area contributed by atoms with Gasteiger partial charge in [-0.05, 0) is 24.1 Å². The minimum atomic E-state index is -0.349. The van der Waals surface area contributed by atoms with Crippen LogP contribution in [0.1, 0.15) is 18.0 Å². The number of nitrogens with zero attached hydrogens (tertiary/aromatic N) is 1. The summed E-state index contributed by atoms with van der Waals surface area (Å²) in [6.07, 6.45) is 0.617. The second kappa shape index (κ2) is 8.42. The van der Waals surface area contributed by atoms with Gasteiger partial charge in [0.1, 0.15) is 0 Å². The summed E-state index contributed by atoms with van der Waals surface area (Å²) in [7, 11) is 1.46. The third-order valence-corrected chi connectivity index (χ3v) is 3.56. The van der Waals surface area contributed by atoms with E-state index >= 15 is 0 Å². The molecule has 20 heavy (non-hydrogen) atoms. The fourth-order valence-electron chi connectivity index (χ4n) is 2.57. The number of aliphatic hydroxyl groups excluding tert-OH is 1. The fraction of sp³-hybridized carbons (Fsp3) is 0.571. The summed E-state index contributed by atoms with van der Waals surface area (Å²) in [5.41, 5.74) is 0.897. The Hall–Kier alpha value is -0.880. The lowest BCUT2D eigenvalue weighted by molar-refractivity contribution is 0.141. The van der Waals surface area contributed by atoms with Crippen molar-refractivity contribution in [2.24, 2.45) is 0 Å². The first-order valence-electron chi connectivity index (χ1n) is 6.65. The molecule has 4 nitrogen and oxygen atoms in total. The van der Waals surface area contributed by atoms with E-state index in [4.69, 9.17) is 4.74 Å². The molecule has 6 heteroatoms. The average molecular weight is 305 g/mol. The first kappa shape index (κ1) is 17.2. The molecule has 1 atom stereocenters. The number of hydrogen-bond acceptors (Lipinski definition) is 4. The minimum absolute atomic E-state index is 0. The van der Waals surface area contributed by atoms with E-state index in [9.17, 15) is 9.50 Å². The summed E-state index contributed by atoms with van der Waals surface area (Å²) in [5, 5.41) is 12.5. The normalized spacial score (nSPS) is 17.4. The average Bonchev–Trinajstić information content (AvgIpc) is 2.45. The highest BCUT2D eigenvalue weighted by atomic mass is 35.5. The van der Waals surface area contributed by atoms with E-state index in [1.807, 2.05) is 6.07 Å². The molecule has 0 bridgehead atoms. The maximum Gasteiger partial charge on any atom is 0.165 e. The van der Waals surface area contributed by atoms with Gasteiger partial charge in [-0.1, -0.05) is 6.07 Å². The molecule has 0 spiro atoms. The zero-order chi connectivity index (χ0) is 13.7. The van der Waals surface area contributed by atoms with Gasteiger partial charge in [0.2, 0.25) is 0 Å². The quantitative estimate of drug-likeness (QED) is 0.867. The molecular weight excluding hydrogens is 283 g/mol. The first-order valence-corrected chi connectivity index (χ1v) is 6.65. The Bertz CT molecular complexity index is 414. The third-order valence-electron chi connectivity index (χ3n) is 3.56. The highest BCUT2D eigenvalue weighted by Crippen LogP contribution is 2.28. The number of methoxy groups -OCH3 is 1. The molecule has 2 N–H and O–H groups in total. The van der Waals surface area contributed by atoms with Crippen LogP contribution in [0.5, 0.6) is 5.75 Å². The highest BCUT2D eigenvalue weighted by Gasteiger charge is 2.22. The van der Waals surface area contributed by atoms with E-state index in [1.165, 1.54) is 13.2 Å². The molecule has 0 saturated carbocycles. The number of benzene rings is 1. The Morgan fingerprint density at radius 1 is 1.40 bits per heavy atom. The maximum absolute atomic E-state index is 13.8. The molecule has 1 saturated heterocycles. The number of aliphatic hydroxyl groups is 1. The summed E-state index contributed by atoms with van der Waals surface area (Å²) in [5.74, 6) is -0.0927. The first-order chi connectivity index (χ1) is 9.26. The summed E-state index contributed by atoms with van der Waals surface area (Å²) >= 11 is 0. The molecule has 1 heterocycles. The van der Waals surface area contributed by atoms with Crippen molar-refractivity contribution < 1.29 is 14.2 Å². The summed E-state index contributed by atoms with van der Waals surface area (Å²) in [4.78, 5) is 2.29. The number of halogens is 2. The van der Waals surface area contributed by atoms with Crippen molar-refractivity contribution in [3.63, 3.8) is 0 Å². The zero-order valence-corrected chi connectivity index (χ0v) is 12.5. The van der Waals surface area contributed by atoms with Crippen LogP contribution >= 0.6 is 12.4 Å². The van der Waals surface area contributed by atoms with Gasteiger partial charge in [-0.3, -0.25) is 4.90 Å². The molecule has 1 fully saturated rings. The van der Waals surface area contributed by atoms with Crippen LogP contribution in [0.2, 0.25) is 0 Å². The molecule has 1 aromatic carbocycles. The molecule has 0 aliphatic carbocycles. The Morgan fingerprint density at radius 2 is 2.10 bits per heavy atom. The molecule has 114 valence electrons. The molecule has 2 rings (SSSR count). The van der Waals surface area contributed by atoms with E-state index in [0.29, 0.717) is 6.42 Å². The van der Waals surface area contributed by atoms with Crippen LogP contribution in [0.25, 0.3) is 0 Å². The standard InChI is InChI=1S/C14H21FN2O2.ClH/c1-19-14-3-2-11(10-12(14)15)13(4-9-18)17-7-5-16-6-8-17;/h2-3,10,13,16,18H,4-9H2,1H3;1H/t13-;/m0./s1. The van der Waals surface area contributed by atoms with Crippen LogP contribution in [0.4, 0.5) is 4.39 Å². The van der Waals surface area contributed by atoms with Crippen LogP contribution in [0.15, 0.2) is 18.2 Å². The second-order valence-electron chi connectivity index (χ2n) is 4.71. The summed E-state index contributed by atoms with van der Waals surface area (Å²) < 4.78 is 18.7. The number of rotatable bonds is 5. The van der Waals surface area contributed by atoms with Crippen LogP contribution in [0, 0.1) is 5.82 Å². The van der Waals surface area contributed by atoms with Gasteiger partial charge in [0, 0.05) is 38.8 Å². The third kappa shape index (κ3) is 4.06. The Balaban J connectivity index is 0.00000200. The Kier molecular flexibility index (Phi) is 7.23. The minimum Gasteiger partial charge on any atom is -0.494 e. The zero-order valence-electron chi connectivity index (χ0n) is 11.6. The van der Waals surface area contributed by atoms with Crippen molar-refractivity contribution in [1.82, 2.24) is 10.2 Å². The molecular formula is C14H22ClFN2O2. The van der Waals surface area contributed by atoms with Crippen LogP contribution in [-0.4, -0.2) is 49.9 Å². The predicted molar refractivity (Wildman–Crippen MR) is 79.1 cm³/mol. The topological polar surface area (TPSA) is 44.7 Å². The fourth-order valence-corrected chi connectivity index (χ4v) is 2.57. The van der Waals surface area contributed by atoms with Gasteiger partial charge in [0.25, 0.3) is 0 Å². The van der Waals surface area contributed by atoms with E-state index < -0.39 is 0 Å². The molecule has 0 unspecified atom stereocenters. The molecule has 0 radical (unpaired) electrons.